The van der Waals surface area contributed by atoms with E-state index in [0.29, 0.717) is 13.1 Å². The first-order chi connectivity index (χ1) is 14.3. The zero-order chi connectivity index (χ0) is 21.5. The summed E-state index contributed by atoms with van der Waals surface area (Å²) in [6.45, 7) is 7.26. The van der Waals surface area contributed by atoms with E-state index in [-0.39, 0.29) is 36.8 Å². The van der Waals surface area contributed by atoms with Gasteiger partial charge in [0.05, 0.1) is 41.3 Å². The second-order valence-corrected chi connectivity index (χ2v) is 8.92. The van der Waals surface area contributed by atoms with Crippen LogP contribution in [0.15, 0.2) is 18.5 Å². The minimum absolute atomic E-state index is 0. The largest absolute Gasteiger partial charge is 0.366 e. The molecule has 0 spiro atoms. The van der Waals surface area contributed by atoms with E-state index in [1.807, 2.05) is 42.0 Å². The number of carbonyl (C=O) groups excluding carboxylic acids is 1. The van der Waals surface area contributed by atoms with Crippen LogP contribution in [0.3, 0.4) is 0 Å². The second-order valence-electron chi connectivity index (χ2n) is 8.92. The highest BCUT2D eigenvalue weighted by Crippen LogP contribution is 2.41. The number of nitriles is 1. The molecule has 2 aliphatic rings. The van der Waals surface area contributed by atoms with Gasteiger partial charge < -0.3 is 15.5 Å². The predicted octanol–water partition coefficient (Wildman–Crippen LogP) is 3.42. The number of pyridine rings is 1. The van der Waals surface area contributed by atoms with E-state index in [1.165, 1.54) is 0 Å². The third-order valence-electron chi connectivity index (χ3n) is 6.30. The monoisotopic (exact) mass is 441 g/mol. The fourth-order valence-electron chi connectivity index (χ4n) is 4.45. The Bertz CT molecular complexity index is 1010. The summed E-state index contributed by atoms with van der Waals surface area (Å²) in [6, 6.07) is 4.25. The number of nitrogens with one attached hydrogen (secondary N) is 2. The summed E-state index contributed by atoms with van der Waals surface area (Å²) < 4.78 is 1.88. The van der Waals surface area contributed by atoms with Crippen molar-refractivity contribution in [3.63, 3.8) is 0 Å². The van der Waals surface area contributed by atoms with Gasteiger partial charge in [-0.05, 0) is 25.7 Å². The van der Waals surface area contributed by atoms with Crippen LogP contribution in [0.2, 0.25) is 0 Å². The molecule has 0 bridgehead atoms. The smallest absolute Gasteiger partial charge is 0.247 e. The van der Waals surface area contributed by atoms with Gasteiger partial charge in [-0.25, -0.2) is 4.98 Å². The number of rotatable bonds is 6. The van der Waals surface area contributed by atoms with Crippen molar-refractivity contribution in [2.75, 3.05) is 22.6 Å². The second kappa shape index (κ2) is 8.79. The quantitative estimate of drug-likeness (QED) is 0.713. The zero-order valence-corrected chi connectivity index (χ0v) is 19.6. The van der Waals surface area contributed by atoms with Crippen LogP contribution in [0.1, 0.15) is 44.4 Å². The molecule has 1 saturated carbocycles. The van der Waals surface area contributed by atoms with Gasteiger partial charge >= 0.3 is 0 Å². The van der Waals surface area contributed by atoms with Crippen molar-refractivity contribution in [3.05, 3.63) is 29.7 Å². The van der Waals surface area contributed by atoms with E-state index in [1.54, 1.807) is 0 Å². The minimum Gasteiger partial charge on any atom is -0.366 e. The van der Waals surface area contributed by atoms with Crippen molar-refractivity contribution in [1.29, 1.82) is 5.26 Å². The average molecular weight is 442 g/mol. The van der Waals surface area contributed by atoms with E-state index in [4.69, 9.17) is 0 Å². The third kappa shape index (κ3) is 4.35. The van der Waals surface area contributed by atoms with Crippen LogP contribution < -0.4 is 15.5 Å². The Labute approximate surface area is 190 Å². The molecule has 1 fully saturated rings. The molecule has 0 saturated heterocycles. The number of hydrogen-bond donors (Lipinski definition) is 2. The summed E-state index contributed by atoms with van der Waals surface area (Å²) in [4.78, 5) is 19.1. The standard InChI is InChI=1S/C22H29N7O.H2S/c1-14(2)20-21(30)27-19-15(3)26-18(8-17(19)28(20)4)24-9-16-10-25-29(11-16)13-22(12-23)6-5-7-22;/h8,10-11,14,20H,5-7,9,13H2,1-4H3,(H,24,26)(H,27,30);1H2/t20-;/m0./s1. The molecule has 1 aliphatic heterocycles. The molecule has 1 aliphatic carbocycles. The summed E-state index contributed by atoms with van der Waals surface area (Å²) in [5, 5.41) is 20.3. The average Bonchev–Trinajstić information content (AvgIpc) is 3.11. The maximum atomic E-state index is 12.5. The van der Waals surface area contributed by atoms with Crippen LogP contribution in [0.5, 0.6) is 0 Å². The molecule has 1 atom stereocenters. The summed E-state index contributed by atoms with van der Waals surface area (Å²) in [5.74, 6) is 0.975. The molecule has 1 amide bonds. The first kappa shape index (κ1) is 22.9. The van der Waals surface area contributed by atoms with Crippen LogP contribution in [0, 0.1) is 29.6 Å². The van der Waals surface area contributed by atoms with Crippen LogP contribution in [-0.2, 0) is 17.9 Å². The first-order valence-electron chi connectivity index (χ1n) is 10.5. The van der Waals surface area contributed by atoms with Crippen LogP contribution in [0.4, 0.5) is 17.2 Å². The summed E-state index contributed by atoms with van der Waals surface area (Å²) in [5.41, 5.74) is 3.34. The molecule has 166 valence electrons. The molecule has 2 aromatic heterocycles. The molecular weight excluding hydrogens is 410 g/mol. The Morgan fingerprint density at radius 2 is 2.16 bits per heavy atom. The minimum atomic E-state index is -0.240. The lowest BCUT2D eigenvalue weighted by atomic mass is 9.70. The lowest BCUT2D eigenvalue weighted by molar-refractivity contribution is -0.118. The number of amides is 1. The Morgan fingerprint density at radius 1 is 1.42 bits per heavy atom. The van der Waals surface area contributed by atoms with Gasteiger partial charge in [0.2, 0.25) is 5.91 Å². The van der Waals surface area contributed by atoms with Gasteiger partial charge in [-0.1, -0.05) is 20.3 Å². The molecule has 9 heteroatoms. The summed E-state index contributed by atoms with van der Waals surface area (Å²) in [7, 11) is 1.96. The molecule has 4 rings (SSSR count). The van der Waals surface area contributed by atoms with Crippen molar-refractivity contribution < 1.29 is 4.79 Å². The predicted molar refractivity (Wildman–Crippen MR) is 126 cm³/mol. The maximum Gasteiger partial charge on any atom is 0.247 e. The van der Waals surface area contributed by atoms with Crippen molar-refractivity contribution in [3.8, 4) is 6.07 Å². The molecular formula is C22H31N7OS. The highest BCUT2D eigenvalue weighted by Gasteiger charge is 2.38. The van der Waals surface area contributed by atoms with Gasteiger partial charge in [-0.3, -0.25) is 9.48 Å². The first-order valence-corrected chi connectivity index (χ1v) is 10.5. The van der Waals surface area contributed by atoms with Gasteiger partial charge in [-0.2, -0.15) is 23.9 Å². The molecule has 0 aromatic carbocycles. The maximum absolute atomic E-state index is 12.5. The van der Waals surface area contributed by atoms with Crippen LogP contribution >= 0.6 is 13.5 Å². The van der Waals surface area contributed by atoms with E-state index in [9.17, 15) is 10.1 Å². The fourth-order valence-corrected chi connectivity index (χ4v) is 4.45. The lowest BCUT2D eigenvalue weighted by Crippen LogP contribution is -2.49. The fraction of sp³-hybridized carbons (Fsp3) is 0.545. The summed E-state index contributed by atoms with van der Waals surface area (Å²) in [6.07, 6.45) is 6.87. The number of aryl methyl sites for hydroxylation is 1. The third-order valence-corrected chi connectivity index (χ3v) is 6.30. The Balaban J connectivity index is 0.00000272. The van der Waals surface area contributed by atoms with Gasteiger partial charge in [0.15, 0.2) is 0 Å². The molecule has 8 nitrogen and oxygen atoms in total. The number of likely N-dealkylation sites (N-methyl/N-ethyl adjacent to an activating group) is 1. The van der Waals surface area contributed by atoms with E-state index in [0.717, 1.165) is 47.7 Å². The van der Waals surface area contributed by atoms with E-state index < -0.39 is 0 Å². The molecule has 2 N–H and O–H groups in total. The van der Waals surface area contributed by atoms with Gasteiger partial charge in [0.1, 0.15) is 11.9 Å². The number of aromatic nitrogens is 3. The Kier molecular flexibility index (Phi) is 6.51. The number of nitrogens with zero attached hydrogens (tertiary/aromatic N) is 5. The zero-order valence-electron chi connectivity index (χ0n) is 18.6. The molecule has 31 heavy (non-hydrogen) atoms. The highest BCUT2D eigenvalue weighted by molar-refractivity contribution is 7.59. The van der Waals surface area contributed by atoms with Crippen LogP contribution in [0.25, 0.3) is 0 Å². The lowest BCUT2D eigenvalue weighted by Gasteiger charge is -2.38. The van der Waals surface area contributed by atoms with Crippen LogP contribution in [-0.4, -0.2) is 33.8 Å². The normalized spacial score (nSPS) is 19.0. The molecule has 3 heterocycles. The van der Waals surface area contributed by atoms with E-state index in [2.05, 4.69) is 40.6 Å². The van der Waals surface area contributed by atoms with Gasteiger partial charge in [-0.15, -0.1) is 0 Å². The van der Waals surface area contributed by atoms with Gasteiger partial charge in [0.25, 0.3) is 0 Å². The highest BCUT2D eigenvalue weighted by atomic mass is 32.1. The van der Waals surface area contributed by atoms with Crippen molar-refractivity contribution in [2.24, 2.45) is 11.3 Å². The Morgan fingerprint density at radius 3 is 2.77 bits per heavy atom. The molecule has 2 aromatic rings. The van der Waals surface area contributed by atoms with E-state index >= 15 is 0 Å². The molecule has 0 radical (unpaired) electrons. The number of hydrogen-bond acceptors (Lipinski definition) is 6. The number of anilines is 3. The van der Waals surface area contributed by atoms with Gasteiger partial charge in [0, 0.05) is 31.4 Å². The molecule has 0 unspecified atom stereocenters. The topological polar surface area (TPSA) is 98.9 Å². The Hall–Kier alpha value is -2.73. The number of carbonyl (C=O) groups is 1. The number of fused-ring (bicyclic) bond motifs is 1. The SMILES string of the molecule is Cc1nc(NCc2cnn(CC3(C#N)CCC3)c2)cc2c1NC(=O)[C@H](C(C)C)N2C.S. The van der Waals surface area contributed by atoms with Crippen molar-refractivity contribution >= 4 is 36.6 Å². The van der Waals surface area contributed by atoms with Crippen molar-refractivity contribution in [1.82, 2.24) is 14.8 Å². The summed E-state index contributed by atoms with van der Waals surface area (Å²) >= 11 is 0. The van der Waals surface area contributed by atoms with Crippen molar-refractivity contribution in [2.45, 2.75) is 59.2 Å².